The average Bonchev–Trinajstić information content (AvgIpc) is 2.83. The highest BCUT2D eigenvalue weighted by molar-refractivity contribution is 5.96. The fraction of sp³-hybridized carbons (Fsp3) is 0.393. The number of primary amides is 1. The topological polar surface area (TPSA) is 101 Å². The maximum Gasteiger partial charge on any atom is 0.252 e. The Morgan fingerprint density at radius 3 is 2.21 bits per heavy atom. The van der Waals surface area contributed by atoms with Crippen LogP contribution in [0.4, 0.5) is 11.5 Å². The number of hydrogen-bond donors (Lipinski definition) is 3. The van der Waals surface area contributed by atoms with Crippen molar-refractivity contribution in [1.29, 1.82) is 0 Å². The molecule has 0 saturated carbocycles. The molecule has 2 aromatic carbocycles. The van der Waals surface area contributed by atoms with Crippen LogP contribution in [0.15, 0.2) is 42.6 Å². The third-order valence-corrected chi connectivity index (χ3v) is 6.28. The van der Waals surface area contributed by atoms with Crippen molar-refractivity contribution in [2.45, 2.75) is 72.1 Å². The molecule has 3 aromatic rings. The average molecular weight is 461 g/mol. The van der Waals surface area contributed by atoms with Crippen LogP contribution in [0.3, 0.4) is 0 Å². The van der Waals surface area contributed by atoms with Gasteiger partial charge in [-0.15, -0.1) is 0 Å². The molecule has 0 atom stereocenters. The van der Waals surface area contributed by atoms with Gasteiger partial charge in [0.15, 0.2) is 5.82 Å². The Labute approximate surface area is 202 Å². The van der Waals surface area contributed by atoms with Crippen molar-refractivity contribution in [3.8, 4) is 17.1 Å². The minimum Gasteiger partial charge on any atom is -0.507 e. The van der Waals surface area contributed by atoms with Gasteiger partial charge in [-0.2, -0.15) is 0 Å². The van der Waals surface area contributed by atoms with E-state index in [1.54, 1.807) is 6.07 Å². The largest absolute Gasteiger partial charge is 0.507 e. The lowest BCUT2D eigenvalue weighted by molar-refractivity contribution is 0.0998. The summed E-state index contributed by atoms with van der Waals surface area (Å²) in [7, 11) is 0. The first-order chi connectivity index (χ1) is 16.4. The smallest absolute Gasteiger partial charge is 0.252 e. The normalized spacial score (nSPS) is 11.1. The summed E-state index contributed by atoms with van der Waals surface area (Å²) in [5.41, 5.74) is 10.7. The quantitative estimate of drug-likeness (QED) is 0.303. The number of phenols is 1. The second-order valence-electron chi connectivity index (χ2n) is 8.65. The van der Waals surface area contributed by atoms with Crippen molar-refractivity contribution < 1.29 is 9.90 Å². The molecule has 34 heavy (non-hydrogen) atoms. The number of benzene rings is 2. The van der Waals surface area contributed by atoms with Crippen molar-refractivity contribution in [2.75, 3.05) is 5.32 Å². The van der Waals surface area contributed by atoms with Gasteiger partial charge in [-0.1, -0.05) is 58.7 Å². The number of aryl methyl sites for hydroxylation is 2. The molecule has 4 N–H and O–H groups in total. The van der Waals surface area contributed by atoms with Crippen LogP contribution in [-0.4, -0.2) is 21.0 Å². The number of aromatic nitrogens is 2. The van der Waals surface area contributed by atoms with E-state index in [4.69, 9.17) is 15.7 Å². The first kappa shape index (κ1) is 25.2. The highest BCUT2D eigenvalue weighted by atomic mass is 16.3. The molecule has 0 unspecified atom stereocenters. The number of carbonyl (C=O) groups excluding carboxylic acids is 1. The molecule has 180 valence electrons. The molecular weight excluding hydrogens is 424 g/mol. The molecule has 1 amide bonds. The molecule has 6 nitrogen and oxygen atoms in total. The summed E-state index contributed by atoms with van der Waals surface area (Å²) in [6.45, 7) is 8.67. The number of amides is 1. The fourth-order valence-corrected chi connectivity index (χ4v) is 4.55. The zero-order valence-corrected chi connectivity index (χ0v) is 20.7. The summed E-state index contributed by atoms with van der Waals surface area (Å²) in [6.07, 6.45) is 7.98. The van der Waals surface area contributed by atoms with Gasteiger partial charge in [-0.3, -0.25) is 4.79 Å². The Morgan fingerprint density at radius 1 is 1.03 bits per heavy atom. The van der Waals surface area contributed by atoms with E-state index >= 15 is 0 Å². The van der Waals surface area contributed by atoms with Crippen LogP contribution in [-0.2, 0) is 12.8 Å². The SMILES string of the molecule is CCCC(CCC)c1cnc(-c2c(CC)cccc2CC)nc1Nc1ccc(C(N)=O)c(O)c1. The number of nitrogens with one attached hydrogen (secondary N) is 1. The maximum atomic E-state index is 11.5. The highest BCUT2D eigenvalue weighted by Crippen LogP contribution is 2.35. The third-order valence-electron chi connectivity index (χ3n) is 6.28. The van der Waals surface area contributed by atoms with E-state index in [1.807, 2.05) is 6.20 Å². The molecule has 0 fully saturated rings. The summed E-state index contributed by atoms with van der Waals surface area (Å²) in [5, 5.41) is 13.7. The van der Waals surface area contributed by atoms with Gasteiger partial charge in [-0.25, -0.2) is 9.97 Å². The highest BCUT2D eigenvalue weighted by Gasteiger charge is 2.20. The first-order valence-electron chi connectivity index (χ1n) is 12.3. The maximum absolute atomic E-state index is 11.5. The Balaban J connectivity index is 2.15. The number of aromatic hydroxyl groups is 1. The van der Waals surface area contributed by atoms with Crippen LogP contribution in [0.25, 0.3) is 11.4 Å². The van der Waals surface area contributed by atoms with E-state index in [1.165, 1.54) is 23.3 Å². The second kappa shape index (κ2) is 11.6. The number of anilines is 2. The van der Waals surface area contributed by atoms with Gasteiger partial charge < -0.3 is 16.2 Å². The summed E-state index contributed by atoms with van der Waals surface area (Å²) in [5.74, 6) is 0.943. The van der Waals surface area contributed by atoms with Crippen LogP contribution in [0.2, 0.25) is 0 Å². The lowest BCUT2D eigenvalue weighted by Gasteiger charge is -2.21. The minimum absolute atomic E-state index is 0.0912. The standard InChI is InChI=1S/C28H36N4O2/c1-5-10-20(11-6-2)23-17-30-28(25-18(7-3)12-9-13-19(25)8-4)32-27(23)31-21-14-15-22(26(29)34)24(33)16-21/h9,12-17,20,33H,5-8,10-11H2,1-4H3,(H2,29,34)(H,30,31,32). The van der Waals surface area contributed by atoms with Gasteiger partial charge >= 0.3 is 0 Å². The Bertz CT molecular complexity index is 1110. The van der Waals surface area contributed by atoms with Gasteiger partial charge in [0.25, 0.3) is 5.91 Å². The number of rotatable bonds is 11. The molecular formula is C28H36N4O2. The van der Waals surface area contributed by atoms with Gasteiger partial charge in [0.05, 0.1) is 5.56 Å². The summed E-state index contributed by atoms with van der Waals surface area (Å²) >= 11 is 0. The van der Waals surface area contributed by atoms with E-state index < -0.39 is 5.91 Å². The van der Waals surface area contributed by atoms with Crippen molar-refractivity contribution in [3.05, 3.63) is 64.8 Å². The van der Waals surface area contributed by atoms with E-state index in [-0.39, 0.29) is 11.3 Å². The molecule has 1 aromatic heterocycles. The molecule has 0 saturated heterocycles. The fourth-order valence-electron chi connectivity index (χ4n) is 4.55. The molecule has 0 aliphatic carbocycles. The zero-order chi connectivity index (χ0) is 24.7. The molecule has 0 aliphatic heterocycles. The van der Waals surface area contributed by atoms with Crippen LogP contribution >= 0.6 is 0 Å². The molecule has 3 rings (SSSR count). The second-order valence-corrected chi connectivity index (χ2v) is 8.65. The van der Waals surface area contributed by atoms with Gasteiger partial charge in [0.2, 0.25) is 0 Å². The van der Waals surface area contributed by atoms with Gasteiger partial charge in [0, 0.05) is 29.1 Å². The van der Waals surface area contributed by atoms with Crippen molar-refractivity contribution in [2.24, 2.45) is 5.73 Å². The Kier molecular flexibility index (Phi) is 8.63. The Hall–Kier alpha value is -3.41. The summed E-state index contributed by atoms with van der Waals surface area (Å²) < 4.78 is 0. The van der Waals surface area contributed by atoms with E-state index in [0.29, 0.717) is 17.4 Å². The van der Waals surface area contributed by atoms with Crippen molar-refractivity contribution in [3.63, 3.8) is 0 Å². The van der Waals surface area contributed by atoms with Crippen LogP contribution in [0.1, 0.15) is 86.3 Å². The number of nitrogens with zero attached hydrogens (tertiary/aromatic N) is 2. The predicted molar refractivity (Wildman–Crippen MR) is 139 cm³/mol. The first-order valence-corrected chi connectivity index (χ1v) is 12.3. The summed E-state index contributed by atoms with van der Waals surface area (Å²) in [4.78, 5) is 21.4. The molecule has 0 aliphatic rings. The molecule has 1 heterocycles. The number of carbonyl (C=O) groups is 1. The third kappa shape index (κ3) is 5.56. The van der Waals surface area contributed by atoms with Crippen molar-refractivity contribution in [1.82, 2.24) is 9.97 Å². The summed E-state index contributed by atoms with van der Waals surface area (Å²) in [6, 6.07) is 11.1. The van der Waals surface area contributed by atoms with Crippen LogP contribution < -0.4 is 11.1 Å². The lowest BCUT2D eigenvalue weighted by Crippen LogP contribution is -2.11. The number of hydrogen-bond acceptors (Lipinski definition) is 5. The van der Waals surface area contributed by atoms with Crippen molar-refractivity contribution >= 4 is 17.4 Å². The Morgan fingerprint density at radius 2 is 1.68 bits per heavy atom. The predicted octanol–water partition coefficient (Wildman–Crippen LogP) is 6.50. The van der Waals surface area contributed by atoms with Crippen LogP contribution in [0, 0.1) is 0 Å². The molecule has 0 bridgehead atoms. The molecule has 0 radical (unpaired) electrons. The van der Waals surface area contributed by atoms with Crippen LogP contribution in [0.5, 0.6) is 5.75 Å². The monoisotopic (exact) mass is 460 g/mol. The van der Waals surface area contributed by atoms with Gasteiger partial charge in [-0.05, 0) is 54.9 Å². The number of nitrogens with two attached hydrogens (primary N) is 1. The molecule has 0 spiro atoms. The zero-order valence-electron chi connectivity index (χ0n) is 20.7. The molecule has 6 heteroatoms. The van der Waals surface area contributed by atoms with Gasteiger partial charge in [0.1, 0.15) is 11.6 Å². The lowest BCUT2D eigenvalue weighted by atomic mass is 9.91. The van der Waals surface area contributed by atoms with E-state index in [0.717, 1.165) is 55.5 Å². The van der Waals surface area contributed by atoms with E-state index in [9.17, 15) is 9.90 Å². The minimum atomic E-state index is -0.664. The van der Waals surface area contributed by atoms with E-state index in [2.05, 4.69) is 51.2 Å².